The first-order chi connectivity index (χ1) is 9.73. The number of aromatic amines is 2. The van der Waals surface area contributed by atoms with E-state index in [-0.39, 0.29) is 17.2 Å². The van der Waals surface area contributed by atoms with E-state index < -0.39 is 25.7 Å². The summed E-state index contributed by atoms with van der Waals surface area (Å²) in [6.45, 7) is -0.257. The molecule has 0 aliphatic heterocycles. The molecule has 11 heteroatoms. The van der Waals surface area contributed by atoms with Crippen molar-refractivity contribution in [3.63, 3.8) is 0 Å². The Kier molecular flexibility index (Phi) is 4.18. The number of hydrogen-bond acceptors (Lipinski definition) is 5. The minimum Gasteiger partial charge on any atom is -0.306 e. The summed E-state index contributed by atoms with van der Waals surface area (Å²) in [4.78, 5) is 16.0. The number of hydrogen-bond donors (Lipinski definition) is 4. The minimum atomic E-state index is -3.85. The van der Waals surface area contributed by atoms with Crippen molar-refractivity contribution < 1.29 is 16.8 Å². The summed E-state index contributed by atoms with van der Waals surface area (Å²) in [5, 5.41) is 0. The molecule has 4 N–H and O–H groups in total. The van der Waals surface area contributed by atoms with Crippen molar-refractivity contribution in [1.82, 2.24) is 19.4 Å². The van der Waals surface area contributed by atoms with Crippen molar-refractivity contribution in [2.75, 3.05) is 19.3 Å². The molecule has 0 fully saturated rings. The quantitative estimate of drug-likeness (QED) is 0.519. The summed E-state index contributed by atoms with van der Waals surface area (Å²) in [7, 11) is -6.09. The number of imidazole rings is 1. The van der Waals surface area contributed by atoms with Gasteiger partial charge >= 0.3 is 5.69 Å². The zero-order chi connectivity index (χ0) is 15.7. The van der Waals surface area contributed by atoms with E-state index in [1.807, 2.05) is 0 Å². The van der Waals surface area contributed by atoms with Crippen LogP contribution < -0.4 is 15.1 Å². The van der Waals surface area contributed by atoms with Gasteiger partial charge in [0.05, 0.1) is 21.7 Å². The second-order valence-electron chi connectivity index (χ2n) is 4.21. The van der Waals surface area contributed by atoms with Crippen LogP contribution in [0.1, 0.15) is 0 Å². The van der Waals surface area contributed by atoms with Crippen LogP contribution in [0.3, 0.4) is 0 Å². The molecule has 0 saturated carbocycles. The molecule has 2 aromatic rings. The average Bonchev–Trinajstić information content (AvgIpc) is 2.77. The Morgan fingerprint density at radius 1 is 1.10 bits per heavy atom. The van der Waals surface area contributed by atoms with E-state index in [0.717, 1.165) is 0 Å². The van der Waals surface area contributed by atoms with Gasteiger partial charge in [0.1, 0.15) is 0 Å². The first-order valence-electron chi connectivity index (χ1n) is 5.86. The molecule has 0 amide bonds. The number of fused-ring (bicyclic) bond motifs is 1. The number of benzene rings is 1. The molecule has 116 valence electrons. The van der Waals surface area contributed by atoms with Gasteiger partial charge in [0.15, 0.2) is 0 Å². The summed E-state index contributed by atoms with van der Waals surface area (Å²) in [5.41, 5.74) is 0.398. The summed E-state index contributed by atoms with van der Waals surface area (Å²) in [5.74, 6) is -0.369. The van der Waals surface area contributed by atoms with E-state index in [1.54, 1.807) is 0 Å². The van der Waals surface area contributed by atoms with Crippen molar-refractivity contribution in [2.24, 2.45) is 0 Å². The van der Waals surface area contributed by atoms with Crippen molar-refractivity contribution in [3.8, 4) is 0 Å². The van der Waals surface area contributed by atoms with E-state index in [4.69, 9.17) is 0 Å². The Labute approximate surface area is 120 Å². The molecule has 0 saturated heterocycles. The molecule has 1 aromatic heterocycles. The predicted octanol–water partition coefficient (Wildman–Crippen LogP) is -1.32. The van der Waals surface area contributed by atoms with Gasteiger partial charge in [-0.05, 0) is 25.2 Å². The Hall–Kier alpha value is -1.69. The Balaban J connectivity index is 2.19. The lowest BCUT2D eigenvalue weighted by atomic mass is 10.3. The van der Waals surface area contributed by atoms with Gasteiger partial charge in [-0.3, -0.25) is 0 Å². The first-order valence-corrected chi connectivity index (χ1v) is 9.00. The third-order valence-electron chi connectivity index (χ3n) is 2.77. The van der Waals surface area contributed by atoms with Crippen LogP contribution >= 0.6 is 0 Å². The highest BCUT2D eigenvalue weighted by molar-refractivity contribution is 7.90. The zero-order valence-corrected chi connectivity index (χ0v) is 12.6. The van der Waals surface area contributed by atoms with Crippen molar-refractivity contribution in [2.45, 2.75) is 4.90 Å². The number of aromatic nitrogens is 2. The van der Waals surface area contributed by atoms with E-state index in [2.05, 4.69) is 19.4 Å². The molecular weight excluding hydrogens is 320 g/mol. The van der Waals surface area contributed by atoms with Gasteiger partial charge in [-0.15, -0.1) is 0 Å². The summed E-state index contributed by atoms with van der Waals surface area (Å²) >= 11 is 0. The lowest BCUT2D eigenvalue weighted by molar-refractivity contribution is 0.578. The van der Waals surface area contributed by atoms with E-state index in [9.17, 15) is 21.6 Å². The second kappa shape index (κ2) is 5.60. The van der Waals surface area contributed by atoms with Gasteiger partial charge in [-0.2, -0.15) is 0 Å². The minimum absolute atomic E-state index is 0.0629. The molecule has 21 heavy (non-hydrogen) atoms. The van der Waals surface area contributed by atoms with Crippen LogP contribution in [0.15, 0.2) is 27.9 Å². The van der Waals surface area contributed by atoms with Crippen LogP contribution in [0.2, 0.25) is 0 Å². The molecule has 0 bridgehead atoms. The monoisotopic (exact) mass is 334 g/mol. The lowest BCUT2D eigenvalue weighted by Gasteiger charge is -2.07. The summed E-state index contributed by atoms with van der Waals surface area (Å²) < 4.78 is 50.8. The van der Waals surface area contributed by atoms with Crippen LogP contribution in [-0.4, -0.2) is 46.1 Å². The fourth-order valence-electron chi connectivity index (χ4n) is 1.67. The highest BCUT2D eigenvalue weighted by Crippen LogP contribution is 2.14. The molecule has 0 spiro atoms. The maximum atomic E-state index is 12.0. The molecule has 0 aliphatic carbocycles. The van der Waals surface area contributed by atoms with Gasteiger partial charge in [-0.1, -0.05) is 0 Å². The molecule has 2 rings (SSSR count). The molecule has 0 radical (unpaired) electrons. The van der Waals surface area contributed by atoms with Gasteiger partial charge in [0.2, 0.25) is 20.0 Å². The normalized spacial score (nSPS) is 12.8. The molecule has 1 aromatic carbocycles. The largest absolute Gasteiger partial charge is 0.323 e. The van der Waals surface area contributed by atoms with Crippen LogP contribution in [-0.2, 0) is 20.0 Å². The highest BCUT2D eigenvalue weighted by Gasteiger charge is 2.16. The zero-order valence-electron chi connectivity index (χ0n) is 11.0. The molecule has 9 nitrogen and oxygen atoms in total. The average molecular weight is 334 g/mol. The van der Waals surface area contributed by atoms with Crippen LogP contribution in [0, 0.1) is 0 Å². The third kappa shape index (κ3) is 3.69. The number of sulfonamides is 2. The number of rotatable bonds is 6. The first kappa shape index (κ1) is 15.7. The van der Waals surface area contributed by atoms with Crippen LogP contribution in [0.4, 0.5) is 0 Å². The van der Waals surface area contributed by atoms with Gasteiger partial charge < -0.3 is 9.97 Å². The molecule has 0 unspecified atom stereocenters. The maximum Gasteiger partial charge on any atom is 0.323 e. The van der Waals surface area contributed by atoms with E-state index in [0.29, 0.717) is 11.0 Å². The number of nitrogens with one attached hydrogen (secondary N) is 4. The Bertz CT molecular complexity index is 910. The molecule has 0 aliphatic rings. The standard InChI is InChI=1S/C10H14N4O5S2/c1-11-20(16,17)5-4-12-21(18,19)7-2-3-8-9(6-7)14-10(15)13-8/h2-3,6,11-12H,4-5H2,1H3,(H2,13,14,15). The third-order valence-corrected chi connectivity index (χ3v) is 5.59. The number of H-pyrrole nitrogens is 2. The fraction of sp³-hybridized carbons (Fsp3) is 0.300. The second-order valence-corrected chi connectivity index (χ2v) is 8.02. The molecule has 1 heterocycles. The summed E-state index contributed by atoms with van der Waals surface area (Å²) in [6, 6.07) is 4.06. The maximum absolute atomic E-state index is 12.0. The fourth-order valence-corrected chi connectivity index (χ4v) is 3.44. The van der Waals surface area contributed by atoms with Gasteiger partial charge in [-0.25, -0.2) is 31.1 Å². The Morgan fingerprint density at radius 2 is 1.76 bits per heavy atom. The van der Waals surface area contributed by atoms with E-state index >= 15 is 0 Å². The highest BCUT2D eigenvalue weighted by atomic mass is 32.2. The van der Waals surface area contributed by atoms with Crippen LogP contribution in [0.25, 0.3) is 11.0 Å². The van der Waals surface area contributed by atoms with E-state index in [1.165, 1.54) is 25.2 Å². The summed E-state index contributed by atoms with van der Waals surface area (Å²) in [6.07, 6.45) is 0. The molecular formula is C10H14N4O5S2. The van der Waals surface area contributed by atoms with Crippen molar-refractivity contribution in [1.29, 1.82) is 0 Å². The van der Waals surface area contributed by atoms with Gasteiger partial charge in [0, 0.05) is 6.54 Å². The smallest absolute Gasteiger partial charge is 0.306 e. The van der Waals surface area contributed by atoms with Crippen molar-refractivity contribution >= 4 is 31.1 Å². The molecule has 0 atom stereocenters. The predicted molar refractivity (Wildman–Crippen MR) is 77.0 cm³/mol. The topological polar surface area (TPSA) is 141 Å². The van der Waals surface area contributed by atoms with Gasteiger partial charge in [0.25, 0.3) is 0 Å². The lowest BCUT2D eigenvalue weighted by Crippen LogP contribution is -2.32. The Morgan fingerprint density at radius 3 is 2.43 bits per heavy atom. The van der Waals surface area contributed by atoms with Crippen molar-refractivity contribution in [3.05, 3.63) is 28.7 Å². The van der Waals surface area contributed by atoms with Crippen LogP contribution in [0.5, 0.6) is 0 Å². The SMILES string of the molecule is CNS(=O)(=O)CCNS(=O)(=O)c1ccc2[nH]c(=O)[nH]c2c1.